The van der Waals surface area contributed by atoms with Gasteiger partial charge in [0.05, 0.1) is 12.6 Å². The van der Waals surface area contributed by atoms with Crippen LogP contribution in [0.3, 0.4) is 0 Å². The fourth-order valence-electron chi connectivity index (χ4n) is 4.62. The van der Waals surface area contributed by atoms with E-state index >= 15 is 0 Å². The predicted octanol–water partition coefficient (Wildman–Crippen LogP) is 4.64. The number of aromatic nitrogens is 1. The van der Waals surface area contributed by atoms with Gasteiger partial charge >= 0.3 is 6.09 Å². The van der Waals surface area contributed by atoms with Crippen molar-refractivity contribution in [2.75, 3.05) is 13.2 Å². The Morgan fingerprint density at radius 3 is 2.57 bits per heavy atom. The van der Waals surface area contributed by atoms with E-state index in [1.54, 1.807) is 0 Å². The average molecular weight is 480 g/mol. The fourth-order valence-corrected chi connectivity index (χ4v) is 4.62. The maximum Gasteiger partial charge on any atom is 0.410 e. The summed E-state index contributed by atoms with van der Waals surface area (Å²) in [5.41, 5.74) is 3.51. The highest BCUT2D eigenvalue weighted by molar-refractivity contribution is 5.86. The smallest absolute Gasteiger partial charge is 0.410 e. The van der Waals surface area contributed by atoms with Crippen molar-refractivity contribution in [3.05, 3.63) is 53.9 Å². The van der Waals surface area contributed by atoms with E-state index in [9.17, 15) is 14.7 Å². The highest BCUT2D eigenvalue weighted by Crippen LogP contribution is 2.34. The van der Waals surface area contributed by atoms with Crippen LogP contribution in [-0.4, -0.2) is 51.8 Å². The zero-order valence-electron chi connectivity index (χ0n) is 21.0. The predicted molar refractivity (Wildman–Crippen MR) is 135 cm³/mol. The number of carbonyl (C=O) groups is 2. The van der Waals surface area contributed by atoms with E-state index in [4.69, 9.17) is 4.74 Å². The second kappa shape index (κ2) is 10.8. The van der Waals surface area contributed by atoms with Crippen molar-refractivity contribution in [1.82, 2.24) is 15.2 Å². The van der Waals surface area contributed by atoms with Gasteiger partial charge in [-0.3, -0.25) is 14.7 Å². The first-order valence-electron chi connectivity index (χ1n) is 12.7. The summed E-state index contributed by atoms with van der Waals surface area (Å²) >= 11 is 0. The number of aliphatic hydroxyl groups excluding tert-OH is 1. The molecule has 2 atom stereocenters. The van der Waals surface area contributed by atoms with Crippen LogP contribution in [0.25, 0.3) is 11.1 Å². The lowest BCUT2D eigenvalue weighted by atomic mass is 9.97. The molecule has 1 aliphatic heterocycles. The summed E-state index contributed by atoms with van der Waals surface area (Å²) in [6, 6.07) is 10.8. The molecule has 2 heterocycles. The van der Waals surface area contributed by atoms with Crippen LogP contribution >= 0.6 is 0 Å². The van der Waals surface area contributed by atoms with E-state index in [-0.39, 0.29) is 12.5 Å². The zero-order chi connectivity index (χ0) is 25.0. The molecule has 0 radical (unpaired) electrons. The van der Waals surface area contributed by atoms with Gasteiger partial charge in [0.15, 0.2) is 0 Å². The van der Waals surface area contributed by atoms with Crippen LogP contribution < -0.4 is 5.32 Å². The molecule has 7 heteroatoms. The Bertz CT molecular complexity index is 1030. The quantitative estimate of drug-likeness (QED) is 0.576. The summed E-state index contributed by atoms with van der Waals surface area (Å²) in [6.07, 6.45) is 7.52. The van der Waals surface area contributed by atoms with E-state index in [1.165, 1.54) is 24.2 Å². The molecule has 2 N–H and O–H groups in total. The molecule has 1 aromatic heterocycles. The summed E-state index contributed by atoms with van der Waals surface area (Å²) in [5, 5.41) is 13.0. The highest BCUT2D eigenvalue weighted by Gasteiger charge is 2.37. The summed E-state index contributed by atoms with van der Waals surface area (Å²) in [6.45, 7) is 5.68. The van der Waals surface area contributed by atoms with Crippen molar-refractivity contribution in [1.29, 1.82) is 0 Å². The van der Waals surface area contributed by atoms with Crippen molar-refractivity contribution >= 4 is 12.0 Å². The minimum absolute atomic E-state index is 0.232. The first kappa shape index (κ1) is 25.2. The molecule has 1 aliphatic carbocycles. The lowest BCUT2D eigenvalue weighted by Crippen LogP contribution is -2.48. The monoisotopic (exact) mass is 479 g/mol. The van der Waals surface area contributed by atoms with Crippen molar-refractivity contribution in [2.45, 2.75) is 77.0 Å². The second-order valence-corrected chi connectivity index (χ2v) is 10.7. The van der Waals surface area contributed by atoms with Crippen LogP contribution in [-0.2, 0) is 16.0 Å². The number of rotatable bonds is 8. The van der Waals surface area contributed by atoms with Gasteiger partial charge in [-0.25, -0.2) is 4.79 Å². The Morgan fingerprint density at radius 2 is 1.91 bits per heavy atom. The van der Waals surface area contributed by atoms with Crippen LogP contribution in [0.2, 0.25) is 0 Å². The maximum atomic E-state index is 13.1. The first-order chi connectivity index (χ1) is 16.7. The molecule has 1 aromatic carbocycles. The molecule has 4 rings (SSSR count). The number of nitrogens with one attached hydrogen (secondary N) is 1. The van der Waals surface area contributed by atoms with Crippen molar-refractivity contribution < 1.29 is 19.4 Å². The molecule has 0 spiro atoms. The SMILES string of the molecule is CC(C)(C)OC(=O)N1CCC[C@H]1C(=O)N[C@@H](CO)c1ccc(-c2cccnc2CCC2CC2)cc1. The number of aryl methyl sites for hydroxylation is 1. The zero-order valence-corrected chi connectivity index (χ0v) is 21.0. The molecule has 0 unspecified atom stereocenters. The third-order valence-corrected chi connectivity index (χ3v) is 6.68. The van der Waals surface area contributed by atoms with Gasteiger partial charge in [-0.2, -0.15) is 0 Å². The number of nitrogens with zero attached hydrogens (tertiary/aromatic N) is 2. The largest absolute Gasteiger partial charge is 0.444 e. The lowest BCUT2D eigenvalue weighted by molar-refractivity contribution is -0.126. The average Bonchev–Trinajstić information content (AvgIpc) is 3.53. The van der Waals surface area contributed by atoms with Gasteiger partial charge in [-0.1, -0.05) is 43.2 Å². The minimum atomic E-state index is -0.623. The van der Waals surface area contributed by atoms with E-state index in [0.29, 0.717) is 13.0 Å². The van der Waals surface area contributed by atoms with E-state index in [0.717, 1.165) is 41.1 Å². The highest BCUT2D eigenvalue weighted by atomic mass is 16.6. The molecule has 1 saturated carbocycles. The number of likely N-dealkylation sites (tertiary alicyclic amines) is 1. The van der Waals surface area contributed by atoms with Gasteiger partial charge in [0.1, 0.15) is 11.6 Å². The Balaban J connectivity index is 1.42. The first-order valence-corrected chi connectivity index (χ1v) is 12.7. The molecular weight excluding hydrogens is 442 g/mol. The van der Waals surface area contributed by atoms with Crippen molar-refractivity contribution in [3.8, 4) is 11.1 Å². The Labute approximate surface area is 207 Å². The maximum absolute atomic E-state index is 13.1. The van der Waals surface area contributed by atoms with E-state index in [1.807, 2.05) is 57.3 Å². The molecule has 7 nitrogen and oxygen atoms in total. The molecule has 2 fully saturated rings. The fraction of sp³-hybridized carbons (Fsp3) is 0.536. The van der Waals surface area contributed by atoms with E-state index < -0.39 is 23.8 Å². The molecular formula is C28H37N3O4. The van der Waals surface area contributed by atoms with Crippen LogP contribution in [0.1, 0.15) is 70.2 Å². The van der Waals surface area contributed by atoms with Gasteiger partial charge in [0.25, 0.3) is 0 Å². The summed E-state index contributed by atoms with van der Waals surface area (Å²) in [7, 11) is 0. The van der Waals surface area contributed by atoms with Gasteiger partial charge in [0.2, 0.25) is 5.91 Å². The molecule has 35 heavy (non-hydrogen) atoms. The van der Waals surface area contributed by atoms with Crippen molar-refractivity contribution in [3.63, 3.8) is 0 Å². The number of hydrogen-bond acceptors (Lipinski definition) is 5. The molecule has 1 saturated heterocycles. The lowest BCUT2D eigenvalue weighted by Gasteiger charge is -2.29. The third-order valence-electron chi connectivity index (χ3n) is 6.68. The van der Waals surface area contributed by atoms with Crippen LogP contribution in [0, 0.1) is 5.92 Å². The third kappa shape index (κ3) is 6.60. The summed E-state index contributed by atoms with van der Waals surface area (Å²) in [4.78, 5) is 31.7. The topological polar surface area (TPSA) is 91.8 Å². The standard InChI is InChI=1S/C28H37N3O4/c1-28(2,3)35-27(34)31-17-5-7-25(31)26(33)30-24(18-32)21-13-11-20(12-14-21)22-6-4-16-29-23(22)15-10-19-8-9-19/h4,6,11-14,16,19,24-25,32H,5,7-10,15,17-18H2,1-3H3,(H,30,33)/t24-,25-/m0/s1. The number of amides is 2. The summed E-state index contributed by atoms with van der Waals surface area (Å²) < 4.78 is 5.47. The number of benzene rings is 1. The summed E-state index contributed by atoms with van der Waals surface area (Å²) in [5.74, 6) is 0.582. The van der Waals surface area contributed by atoms with E-state index in [2.05, 4.69) is 16.4 Å². The van der Waals surface area contributed by atoms with Crippen LogP contribution in [0.5, 0.6) is 0 Å². The normalized spacial score (nSPS) is 18.9. The molecule has 2 aromatic rings. The number of ether oxygens (including phenoxy) is 1. The number of hydrogen-bond donors (Lipinski definition) is 2. The van der Waals surface area contributed by atoms with Gasteiger partial charge in [-0.05, 0) is 69.6 Å². The second-order valence-electron chi connectivity index (χ2n) is 10.7. The minimum Gasteiger partial charge on any atom is -0.444 e. The van der Waals surface area contributed by atoms with Crippen LogP contribution in [0.15, 0.2) is 42.6 Å². The Hall–Kier alpha value is -2.93. The molecule has 2 aliphatic rings. The molecule has 188 valence electrons. The van der Waals surface area contributed by atoms with Crippen LogP contribution in [0.4, 0.5) is 4.79 Å². The molecule has 0 bridgehead atoms. The van der Waals surface area contributed by atoms with Gasteiger partial charge in [-0.15, -0.1) is 0 Å². The molecule has 2 amide bonds. The Kier molecular flexibility index (Phi) is 7.75. The van der Waals surface area contributed by atoms with Crippen molar-refractivity contribution in [2.24, 2.45) is 5.92 Å². The van der Waals surface area contributed by atoms with Gasteiger partial charge < -0.3 is 15.2 Å². The number of pyridine rings is 1. The van der Waals surface area contributed by atoms with Gasteiger partial charge in [0, 0.05) is 24.0 Å². The number of carbonyl (C=O) groups excluding carboxylic acids is 2. The number of aliphatic hydroxyl groups is 1. The Morgan fingerprint density at radius 1 is 1.17 bits per heavy atom.